The average Bonchev–Trinajstić information content (AvgIpc) is 2.28. The van der Waals surface area contributed by atoms with Gasteiger partial charge in [0, 0.05) is 8.07 Å². The van der Waals surface area contributed by atoms with Crippen LogP contribution in [0.3, 0.4) is 0 Å². The molecule has 0 saturated heterocycles. The predicted octanol–water partition coefficient (Wildman–Crippen LogP) is 3.26. The Morgan fingerprint density at radius 2 is 1.83 bits per heavy atom. The molecule has 0 N–H and O–H groups in total. The predicted molar refractivity (Wildman–Crippen MR) is 73.1 cm³/mol. The Morgan fingerprint density at radius 1 is 1.17 bits per heavy atom. The molecule has 0 fully saturated rings. The van der Waals surface area contributed by atoms with E-state index in [9.17, 15) is 4.79 Å². The quantitative estimate of drug-likeness (QED) is 0.477. The number of rotatable bonds is 4. The molecule has 0 atom stereocenters. The van der Waals surface area contributed by atoms with E-state index in [-0.39, 0.29) is 0 Å². The van der Waals surface area contributed by atoms with Crippen molar-refractivity contribution in [3.8, 4) is 11.5 Å². The maximum absolute atomic E-state index is 11.1. The SMILES string of the molecule is COC(=O)Oc1ccc(C[Si](C)(C)C)cc1OC. The van der Waals surface area contributed by atoms with Crippen molar-refractivity contribution in [3.05, 3.63) is 23.8 Å². The van der Waals surface area contributed by atoms with Gasteiger partial charge in [0.2, 0.25) is 0 Å². The van der Waals surface area contributed by atoms with Crippen LogP contribution in [-0.2, 0) is 10.8 Å². The molecule has 1 rings (SSSR count). The standard InChI is InChI=1S/C13H20O4Si/c1-15-12-8-10(9-18(3,4)5)6-7-11(12)17-13(14)16-2/h6-8H,9H2,1-5H3. The van der Waals surface area contributed by atoms with Crippen molar-refractivity contribution in [1.29, 1.82) is 0 Å². The zero-order valence-electron chi connectivity index (χ0n) is 11.6. The summed E-state index contributed by atoms with van der Waals surface area (Å²) in [6.07, 6.45) is -0.744. The van der Waals surface area contributed by atoms with Gasteiger partial charge >= 0.3 is 6.16 Å². The van der Waals surface area contributed by atoms with E-state index in [0.29, 0.717) is 11.5 Å². The van der Waals surface area contributed by atoms with Crippen LogP contribution in [0.1, 0.15) is 5.56 Å². The Labute approximate surface area is 109 Å². The van der Waals surface area contributed by atoms with E-state index in [0.717, 1.165) is 6.04 Å². The summed E-state index contributed by atoms with van der Waals surface area (Å²) in [7, 11) is 1.65. The summed E-state index contributed by atoms with van der Waals surface area (Å²) >= 11 is 0. The maximum atomic E-state index is 11.1. The van der Waals surface area contributed by atoms with Gasteiger partial charge in [-0.1, -0.05) is 25.7 Å². The van der Waals surface area contributed by atoms with E-state index in [4.69, 9.17) is 9.47 Å². The van der Waals surface area contributed by atoms with E-state index >= 15 is 0 Å². The molecule has 0 aliphatic heterocycles. The normalized spacial score (nSPS) is 10.9. The number of carbonyl (C=O) groups is 1. The second-order valence-corrected chi connectivity index (χ2v) is 10.8. The Hall–Kier alpha value is -1.49. The fourth-order valence-corrected chi connectivity index (χ4v) is 3.09. The Morgan fingerprint density at radius 3 is 2.33 bits per heavy atom. The van der Waals surface area contributed by atoms with Gasteiger partial charge in [-0.05, 0) is 23.7 Å². The lowest BCUT2D eigenvalue weighted by atomic mass is 10.2. The van der Waals surface area contributed by atoms with Gasteiger partial charge in [-0.2, -0.15) is 0 Å². The number of hydrogen-bond acceptors (Lipinski definition) is 4. The third kappa shape index (κ3) is 4.41. The monoisotopic (exact) mass is 268 g/mol. The zero-order valence-corrected chi connectivity index (χ0v) is 12.6. The van der Waals surface area contributed by atoms with Gasteiger partial charge in [-0.25, -0.2) is 4.79 Å². The topological polar surface area (TPSA) is 44.8 Å². The molecule has 0 amide bonds. The van der Waals surface area contributed by atoms with Gasteiger partial charge in [0.05, 0.1) is 14.2 Å². The first-order valence-corrected chi connectivity index (χ1v) is 9.49. The molecule has 0 spiro atoms. The van der Waals surface area contributed by atoms with Crippen molar-refractivity contribution in [3.63, 3.8) is 0 Å². The van der Waals surface area contributed by atoms with Crippen molar-refractivity contribution in [1.82, 2.24) is 0 Å². The van der Waals surface area contributed by atoms with Crippen molar-refractivity contribution in [2.24, 2.45) is 0 Å². The summed E-state index contributed by atoms with van der Waals surface area (Å²) in [6.45, 7) is 6.91. The van der Waals surface area contributed by atoms with E-state index in [1.54, 1.807) is 13.2 Å². The van der Waals surface area contributed by atoms with Gasteiger partial charge in [-0.15, -0.1) is 0 Å². The molecule has 18 heavy (non-hydrogen) atoms. The van der Waals surface area contributed by atoms with Crippen LogP contribution in [-0.4, -0.2) is 28.4 Å². The lowest BCUT2D eigenvalue weighted by molar-refractivity contribution is 0.120. The van der Waals surface area contributed by atoms with Gasteiger partial charge in [0.25, 0.3) is 0 Å². The lowest BCUT2D eigenvalue weighted by Crippen LogP contribution is -2.23. The van der Waals surface area contributed by atoms with E-state index in [1.807, 2.05) is 12.1 Å². The third-order valence-electron chi connectivity index (χ3n) is 2.32. The Bertz CT molecular complexity index is 423. The maximum Gasteiger partial charge on any atom is 0.513 e. The molecule has 100 valence electrons. The Balaban J connectivity index is 2.93. The molecule has 0 unspecified atom stereocenters. The van der Waals surface area contributed by atoms with Crippen LogP contribution in [0, 0.1) is 0 Å². The highest BCUT2D eigenvalue weighted by Crippen LogP contribution is 2.29. The van der Waals surface area contributed by atoms with Gasteiger partial charge in [0.1, 0.15) is 0 Å². The minimum Gasteiger partial charge on any atom is -0.493 e. The summed E-state index contributed by atoms with van der Waals surface area (Å²) < 4.78 is 14.7. The highest BCUT2D eigenvalue weighted by atomic mass is 28.3. The molecule has 0 radical (unpaired) electrons. The third-order valence-corrected chi connectivity index (χ3v) is 3.79. The fraction of sp³-hybridized carbons (Fsp3) is 0.462. The molecule has 4 nitrogen and oxygen atoms in total. The number of methoxy groups -OCH3 is 2. The summed E-state index contributed by atoms with van der Waals surface area (Å²) in [5.41, 5.74) is 1.20. The second-order valence-electron chi connectivity index (χ2n) is 5.28. The van der Waals surface area contributed by atoms with Crippen molar-refractivity contribution in [2.75, 3.05) is 14.2 Å². The molecule has 0 aliphatic rings. The minimum atomic E-state index is -1.18. The smallest absolute Gasteiger partial charge is 0.493 e. The number of carbonyl (C=O) groups excluding carboxylic acids is 1. The summed E-state index contributed by atoms with van der Waals surface area (Å²) in [6, 6.07) is 6.67. The largest absolute Gasteiger partial charge is 0.513 e. The molecule has 5 heteroatoms. The fourth-order valence-electron chi connectivity index (χ4n) is 1.65. The molecule has 1 aromatic rings. The van der Waals surface area contributed by atoms with E-state index in [1.165, 1.54) is 12.7 Å². The summed E-state index contributed by atoms with van der Waals surface area (Å²) in [5.74, 6) is 0.930. The molecule has 0 aliphatic carbocycles. The minimum absolute atomic E-state index is 0.378. The van der Waals surface area contributed by atoms with Crippen LogP contribution < -0.4 is 9.47 Å². The first-order chi connectivity index (χ1) is 8.35. The highest BCUT2D eigenvalue weighted by Gasteiger charge is 2.16. The van der Waals surface area contributed by atoms with Crippen LogP contribution >= 0.6 is 0 Å². The van der Waals surface area contributed by atoms with Crippen molar-refractivity contribution < 1.29 is 19.0 Å². The second kappa shape index (κ2) is 5.91. The molecule has 0 bridgehead atoms. The lowest BCUT2D eigenvalue weighted by Gasteiger charge is -2.17. The van der Waals surface area contributed by atoms with Crippen molar-refractivity contribution in [2.45, 2.75) is 25.7 Å². The first kappa shape index (κ1) is 14.6. The Kier molecular flexibility index (Phi) is 4.78. The van der Waals surface area contributed by atoms with E-state index < -0.39 is 14.2 Å². The van der Waals surface area contributed by atoms with Crippen LogP contribution in [0.5, 0.6) is 11.5 Å². The van der Waals surface area contributed by atoms with Gasteiger partial charge in [0.15, 0.2) is 11.5 Å². The molecule has 0 heterocycles. The van der Waals surface area contributed by atoms with Gasteiger partial charge < -0.3 is 14.2 Å². The number of hydrogen-bond donors (Lipinski definition) is 0. The van der Waals surface area contributed by atoms with Crippen LogP contribution in [0.15, 0.2) is 18.2 Å². The zero-order chi connectivity index (χ0) is 13.8. The first-order valence-electron chi connectivity index (χ1n) is 5.78. The molecular weight excluding hydrogens is 248 g/mol. The average molecular weight is 268 g/mol. The molecule has 1 aromatic carbocycles. The number of benzene rings is 1. The van der Waals surface area contributed by atoms with Crippen LogP contribution in [0.2, 0.25) is 19.6 Å². The summed E-state index contributed by atoms with van der Waals surface area (Å²) in [5, 5.41) is 0. The molecule has 0 aromatic heterocycles. The molecular formula is C13H20O4Si. The van der Waals surface area contributed by atoms with Crippen molar-refractivity contribution >= 4 is 14.2 Å². The highest BCUT2D eigenvalue weighted by molar-refractivity contribution is 6.75. The van der Waals surface area contributed by atoms with Crippen LogP contribution in [0.25, 0.3) is 0 Å². The molecule has 0 saturated carbocycles. The number of ether oxygens (including phenoxy) is 3. The van der Waals surface area contributed by atoms with E-state index in [2.05, 4.69) is 24.4 Å². The summed E-state index contributed by atoms with van der Waals surface area (Å²) in [4.78, 5) is 11.1. The van der Waals surface area contributed by atoms with Gasteiger partial charge in [-0.3, -0.25) is 0 Å². The van der Waals surface area contributed by atoms with Crippen LogP contribution in [0.4, 0.5) is 4.79 Å².